The monoisotopic (exact) mass is 382 g/mol. The van der Waals surface area contributed by atoms with Crippen LogP contribution in [0, 0.1) is 6.92 Å². The zero-order valence-electron chi connectivity index (χ0n) is 15.2. The molecule has 0 spiro atoms. The van der Waals surface area contributed by atoms with E-state index in [-0.39, 0.29) is 5.78 Å². The molecule has 1 heterocycles. The van der Waals surface area contributed by atoms with Crippen molar-refractivity contribution in [1.29, 1.82) is 0 Å². The number of hydrogen-bond donors (Lipinski definition) is 2. The Labute approximate surface area is 162 Å². The van der Waals surface area contributed by atoms with Gasteiger partial charge in [-0.3, -0.25) is 4.79 Å². The maximum atomic E-state index is 11.4. The van der Waals surface area contributed by atoms with Crippen LogP contribution < -0.4 is 15.4 Å². The number of hydrogen-bond acceptors (Lipinski definition) is 6. The first kappa shape index (κ1) is 18.7. The van der Waals surface area contributed by atoms with Crippen molar-refractivity contribution in [2.75, 3.05) is 17.7 Å². The zero-order chi connectivity index (χ0) is 19.4. The average molecular weight is 383 g/mol. The summed E-state index contributed by atoms with van der Waals surface area (Å²) in [4.78, 5) is 20.1. The number of carbonyl (C=O) groups is 1. The predicted molar refractivity (Wildman–Crippen MR) is 108 cm³/mol. The van der Waals surface area contributed by atoms with Gasteiger partial charge in [-0.05, 0) is 55.8 Å². The van der Waals surface area contributed by atoms with E-state index in [1.54, 1.807) is 37.6 Å². The molecule has 0 saturated heterocycles. The molecule has 0 fully saturated rings. The second-order valence-electron chi connectivity index (χ2n) is 5.95. The van der Waals surface area contributed by atoms with Gasteiger partial charge in [0.1, 0.15) is 11.6 Å². The number of nitrogens with one attached hydrogen (secondary N) is 2. The van der Waals surface area contributed by atoms with Gasteiger partial charge in [0, 0.05) is 28.5 Å². The van der Waals surface area contributed by atoms with E-state index >= 15 is 0 Å². The smallest absolute Gasteiger partial charge is 0.229 e. The topological polar surface area (TPSA) is 76.1 Å². The van der Waals surface area contributed by atoms with Gasteiger partial charge in [0.2, 0.25) is 5.95 Å². The van der Waals surface area contributed by atoms with E-state index < -0.39 is 0 Å². The molecule has 0 atom stereocenters. The van der Waals surface area contributed by atoms with Crippen LogP contribution in [0.1, 0.15) is 22.8 Å². The molecule has 27 heavy (non-hydrogen) atoms. The Kier molecular flexibility index (Phi) is 5.57. The third kappa shape index (κ3) is 4.54. The van der Waals surface area contributed by atoms with Crippen molar-refractivity contribution in [3.63, 3.8) is 0 Å². The molecule has 2 N–H and O–H groups in total. The number of benzene rings is 2. The first-order valence-corrected chi connectivity index (χ1v) is 8.66. The minimum Gasteiger partial charge on any atom is -0.495 e. The van der Waals surface area contributed by atoms with Crippen LogP contribution in [0.5, 0.6) is 5.75 Å². The summed E-state index contributed by atoms with van der Waals surface area (Å²) in [7, 11) is 1.58. The highest BCUT2D eigenvalue weighted by Gasteiger charge is 2.09. The van der Waals surface area contributed by atoms with E-state index in [4.69, 9.17) is 16.3 Å². The molecule has 0 amide bonds. The highest BCUT2D eigenvalue weighted by Crippen LogP contribution is 2.32. The maximum Gasteiger partial charge on any atom is 0.229 e. The molecule has 0 unspecified atom stereocenters. The van der Waals surface area contributed by atoms with Gasteiger partial charge in [0.25, 0.3) is 0 Å². The summed E-state index contributed by atoms with van der Waals surface area (Å²) in [6.45, 7) is 3.45. The van der Waals surface area contributed by atoms with Crippen LogP contribution in [0.4, 0.5) is 23.1 Å². The van der Waals surface area contributed by atoms with Crippen molar-refractivity contribution in [2.24, 2.45) is 0 Å². The normalized spacial score (nSPS) is 10.4. The summed E-state index contributed by atoms with van der Waals surface area (Å²) in [6.07, 6.45) is 1.65. The SMILES string of the molecule is COc1cc(Cl)c(C)cc1Nc1nccc(Nc2ccc(C(C)=O)cc2)n1. The van der Waals surface area contributed by atoms with Gasteiger partial charge in [-0.1, -0.05) is 11.6 Å². The fourth-order valence-corrected chi connectivity index (χ4v) is 2.63. The lowest BCUT2D eigenvalue weighted by Crippen LogP contribution is -2.02. The lowest BCUT2D eigenvalue weighted by molar-refractivity contribution is 0.101. The van der Waals surface area contributed by atoms with Crippen LogP contribution in [0.3, 0.4) is 0 Å². The van der Waals surface area contributed by atoms with Crippen LogP contribution in [0.15, 0.2) is 48.7 Å². The minimum atomic E-state index is 0.0299. The Bertz CT molecular complexity index is 974. The van der Waals surface area contributed by atoms with Gasteiger partial charge in [-0.2, -0.15) is 4.98 Å². The van der Waals surface area contributed by atoms with E-state index in [2.05, 4.69) is 20.6 Å². The number of ketones is 1. The molecule has 0 aliphatic carbocycles. The molecule has 7 heteroatoms. The second-order valence-corrected chi connectivity index (χ2v) is 6.36. The number of Topliss-reactive ketones (excluding diaryl/α,β-unsaturated/α-hetero) is 1. The van der Waals surface area contributed by atoms with E-state index in [0.29, 0.717) is 28.1 Å². The van der Waals surface area contributed by atoms with Gasteiger partial charge >= 0.3 is 0 Å². The second kappa shape index (κ2) is 8.05. The molecular formula is C20H19ClN4O2. The Balaban J connectivity index is 1.80. The molecule has 0 bridgehead atoms. The van der Waals surface area contributed by atoms with Crippen molar-refractivity contribution in [3.8, 4) is 5.75 Å². The third-order valence-corrected chi connectivity index (χ3v) is 4.35. The lowest BCUT2D eigenvalue weighted by Gasteiger charge is -2.13. The number of carbonyl (C=O) groups excluding carboxylic acids is 1. The molecule has 1 aromatic heterocycles. The quantitative estimate of drug-likeness (QED) is 0.575. The summed E-state index contributed by atoms with van der Waals surface area (Å²) in [5.74, 6) is 1.67. The van der Waals surface area contributed by atoms with Crippen LogP contribution >= 0.6 is 11.6 Å². The Morgan fingerprint density at radius 1 is 1.11 bits per heavy atom. The first-order chi connectivity index (χ1) is 13.0. The molecule has 0 aliphatic heterocycles. The maximum absolute atomic E-state index is 11.4. The van der Waals surface area contributed by atoms with E-state index in [0.717, 1.165) is 16.9 Å². The number of methoxy groups -OCH3 is 1. The fraction of sp³-hybridized carbons (Fsp3) is 0.150. The van der Waals surface area contributed by atoms with Crippen LogP contribution in [-0.2, 0) is 0 Å². The van der Waals surface area contributed by atoms with Gasteiger partial charge in [-0.15, -0.1) is 0 Å². The van der Waals surface area contributed by atoms with E-state index in [1.165, 1.54) is 6.92 Å². The van der Waals surface area contributed by atoms with Crippen LogP contribution in [0.25, 0.3) is 0 Å². The molecule has 3 rings (SSSR count). The molecule has 6 nitrogen and oxygen atoms in total. The van der Waals surface area contributed by atoms with Crippen LogP contribution in [-0.4, -0.2) is 22.9 Å². The van der Waals surface area contributed by atoms with Crippen LogP contribution in [0.2, 0.25) is 5.02 Å². The summed E-state index contributed by atoms with van der Waals surface area (Å²) >= 11 is 6.14. The van der Waals surface area contributed by atoms with Gasteiger partial charge < -0.3 is 15.4 Å². The number of aryl methyl sites for hydroxylation is 1. The zero-order valence-corrected chi connectivity index (χ0v) is 16.0. The Hall–Kier alpha value is -3.12. The van der Waals surface area contributed by atoms with Crippen molar-refractivity contribution in [2.45, 2.75) is 13.8 Å². The van der Waals surface area contributed by atoms with Gasteiger partial charge in [0.15, 0.2) is 5.78 Å². The largest absolute Gasteiger partial charge is 0.495 e. The number of anilines is 4. The molecule has 0 aliphatic rings. The number of nitrogens with zero attached hydrogens (tertiary/aromatic N) is 2. The molecule has 0 radical (unpaired) electrons. The molecule has 138 valence electrons. The van der Waals surface area contributed by atoms with E-state index in [9.17, 15) is 4.79 Å². The molecular weight excluding hydrogens is 364 g/mol. The summed E-state index contributed by atoms with van der Waals surface area (Å²) in [5, 5.41) is 6.97. The Morgan fingerprint density at radius 3 is 2.52 bits per heavy atom. The summed E-state index contributed by atoms with van der Waals surface area (Å²) in [6, 6.07) is 12.6. The van der Waals surface area contributed by atoms with Crippen molar-refractivity contribution >= 4 is 40.5 Å². The minimum absolute atomic E-state index is 0.0299. The molecule has 0 saturated carbocycles. The third-order valence-electron chi connectivity index (χ3n) is 3.95. The fourth-order valence-electron chi connectivity index (χ4n) is 2.47. The molecule has 2 aromatic carbocycles. The molecule has 3 aromatic rings. The Morgan fingerprint density at radius 2 is 1.85 bits per heavy atom. The van der Waals surface area contributed by atoms with Crippen molar-refractivity contribution < 1.29 is 9.53 Å². The average Bonchev–Trinajstić information content (AvgIpc) is 2.65. The first-order valence-electron chi connectivity index (χ1n) is 8.28. The van der Waals surface area contributed by atoms with Crippen molar-refractivity contribution in [1.82, 2.24) is 9.97 Å². The predicted octanol–water partition coefficient (Wildman–Crippen LogP) is 5.14. The summed E-state index contributed by atoms with van der Waals surface area (Å²) < 4.78 is 5.36. The van der Waals surface area contributed by atoms with Gasteiger partial charge in [0.05, 0.1) is 12.8 Å². The summed E-state index contributed by atoms with van der Waals surface area (Å²) in [5.41, 5.74) is 3.13. The lowest BCUT2D eigenvalue weighted by atomic mass is 10.1. The number of aromatic nitrogens is 2. The van der Waals surface area contributed by atoms with Crippen molar-refractivity contribution in [3.05, 3.63) is 64.8 Å². The number of rotatable bonds is 6. The number of halogens is 1. The van der Waals surface area contributed by atoms with E-state index in [1.807, 2.05) is 25.1 Å². The standard InChI is InChI=1S/C20H19ClN4O2/c1-12-10-17(18(27-3)11-16(12)21)24-20-22-9-8-19(25-20)23-15-6-4-14(5-7-15)13(2)26/h4-11H,1-3H3,(H2,22,23,24,25). The highest BCUT2D eigenvalue weighted by molar-refractivity contribution is 6.31. The van der Waals surface area contributed by atoms with Gasteiger partial charge in [-0.25, -0.2) is 4.98 Å². The number of ether oxygens (including phenoxy) is 1. The highest BCUT2D eigenvalue weighted by atomic mass is 35.5.